The van der Waals surface area contributed by atoms with Crippen LogP contribution in [0.25, 0.3) is 5.69 Å². The molecule has 0 radical (unpaired) electrons. The summed E-state index contributed by atoms with van der Waals surface area (Å²) in [5.74, 6) is -1.88. The molecular formula is C19H19F2N3O. The Kier molecular flexibility index (Phi) is 5.21. The molecule has 6 heteroatoms. The van der Waals surface area contributed by atoms with Gasteiger partial charge in [0.1, 0.15) is 0 Å². The zero-order valence-corrected chi connectivity index (χ0v) is 13.7. The van der Waals surface area contributed by atoms with Crippen molar-refractivity contribution in [2.45, 2.75) is 25.6 Å². The second-order valence-corrected chi connectivity index (χ2v) is 5.92. The third kappa shape index (κ3) is 4.10. The van der Waals surface area contributed by atoms with E-state index in [4.69, 9.17) is 0 Å². The Hall–Kier alpha value is -2.57. The van der Waals surface area contributed by atoms with E-state index >= 15 is 0 Å². The lowest BCUT2D eigenvalue weighted by Gasteiger charge is -2.21. The molecule has 0 aliphatic carbocycles. The lowest BCUT2D eigenvalue weighted by Crippen LogP contribution is -2.31. The first kappa shape index (κ1) is 17.3. The topological polar surface area (TPSA) is 50.1 Å². The van der Waals surface area contributed by atoms with Gasteiger partial charge in [-0.05, 0) is 42.3 Å². The van der Waals surface area contributed by atoms with E-state index in [0.717, 1.165) is 23.4 Å². The number of rotatable bonds is 6. The van der Waals surface area contributed by atoms with Crippen molar-refractivity contribution in [1.29, 1.82) is 0 Å². The third-order valence-electron chi connectivity index (χ3n) is 4.13. The van der Waals surface area contributed by atoms with Crippen LogP contribution in [0.5, 0.6) is 0 Å². The highest BCUT2D eigenvalue weighted by molar-refractivity contribution is 5.34. The minimum atomic E-state index is -0.959. The fourth-order valence-electron chi connectivity index (χ4n) is 2.57. The molecule has 2 aromatic carbocycles. The normalized spacial score (nSPS) is 13.6. The van der Waals surface area contributed by atoms with Crippen molar-refractivity contribution in [3.05, 3.63) is 83.9 Å². The highest BCUT2D eigenvalue weighted by atomic mass is 19.2. The van der Waals surface area contributed by atoms with E-state index in [1.165, 1.54) is 6.07 Å². The molecular weight excluding hydrogens is 324 g/mol. The average Bonchev–Trinajstić information content (AvgIpc) is 3.16. The van der Waals surface area contributed by atoms with E-state index in [-0.39, 0.29) is 6.04 Å². The molecule has 1 heterocycles. The van der Waals surface area contributed by atoms with Crippen LogP contribution in [0.15, 0.2) is 61.2 Å². The van der Waals surface area contributed by atoms with Gasteiger partial charge in [-0.1, -0.05) is 18.2 Å². The van der Waals surface area contributed by atoms with Crippen molar-refractivity contribution in [3.63, 3.8) is 0 Å². The molecule has 2 N–H and O–H groups in total. The molecule has 130 valence electrons. The summed E-state index contributed by atoms with van der Waals surface area (Å²) in [6.45, 7) is 2.35. The largest absolute Gasteiger partial charge is 0.387 e. The number of hydrogen-bond acceptors (Lipinski definition) is 3. The minimum Gasteiger partial charge on any atom is -0.387 e. The zero-order chi connectivity index (χ0) is 17.8. The number of nitrogens with zero attached hydrogens (tertiary/aromatic N) is 2. The Balaban J connectivity index is 1.59. The Bertz CT molecular complexity index is 819. The summed E-state index contributed by atoms with van der Waals surface area (Å²) in [6.07, 6.45) is 4.39. The summed E-state index contributed by atoms with van der Waals surface area (Å²) >= 11 is 0. The van der Waals surface area contributed by atoms with Crippen molar-refractivity contribution in [1.82, 2.24) is 14.9 Å². The Morgan fingerprint density at radius 2 is 1.88 bits per heavy atom. The third-order valence-corrected chi connectivity index (χ3v) is 4.13. The van der Waals surface area contributed by atoms with Gasteiger partial charge in [-0.15, -0.1) is 0 Å². The number of hydrogen-bond donors (Lipinski definition) is 2. The van der Waals surface area contributed by atoms with Crippen LogP contribution in [0.1, 0.15) is 24.2 Å². The second kappa shape index (κ2) is 7.55. The number of benzene rings is 2. The van der Waals surface area contributed by atoms with E-state index in [2.05, 4.69) is 10.3 Å². The number of halogens is 2. The van der Waals surface area contributed by atoms with Gasteiger partial charge in [-0.2, -0.15) is 0 Å². The molecule has 1 aromatic heterocycles. The quantitative estimate of drug-likeness (QED) is 0.722. The van der Waals surface area contributed by atoms with Crippen LogP contribution in [0, 0.1) is 11.6 Å². The summed E-state index contributed by atoms with van der Waals surface area (Å²) in [5, 5.41) is 13.5. The molecule has 3 rings (SSSR count). The van der Waals surface area contributed by atoms with E-state index in [9.17, 15) is 13.9 Å². The van der Waals surface area contributed by atoms with Crippen LogP contribution in [-0.2, 0) is 6.54 Å². The fourth-order valence-corrected chi connectivity index (χ4v) is 2.57. The highest BCUT2D eigenvalue weighted by Gasteiger charge is 2.17. The van der Waals surface area contributed by atoms with Crippen molar-refractivity contribution < 1.29 is 13.9 Å². The van der Waals surface area contributed by atoms with Crippen LogP contribution < -0.4 is 5.32 Å². The molecule has 2 atom stereocenters. The maximum atomic E-state index is 13.3. The first-order valence-corrected chi connectivity index (χ1v) is 7.98. The van der Waals surface area contributed by atoms with Gasteiger partial charge in [0, 0.05) is 30.7 Å². The maximum Gasteiger partial charge on any atom is 0.159 e. The van der Waals surface area contributed by atoms with Gasteiger partial charge >= 0.3 is 0 Å². The summed E-state index contributed by atoms with van der Waals surface area (Å²) in [5.41, 5.74) is 2.40. The van der Waals surface area contributed by atoms with Crippen molar-refractivity contribution >= 4 is 0 Å². The Morgan fingerprint density at radius 1 is 1.12 bits per heavy atom. The van der Waals surface area contributed by atoms with E-state index in [1.807, 2.05) is 35.0 Å². The number of aromatic nitrogens is 2. The van der Waals surface area contributed by atoms with Gasteiger partial charge in [0.2, 0.25) is 0 Å². The molecule has 25 heavy (non-hydrogen) atoms. The molecule has 0 bridgehead atoms. The van der Waals surface area contributed by atoms with Gasteiger partial charge < -0.3 is 15.0 Å². The minimum absolute atomic E-state index is 0.321. The van der Waals surface area contributed by atoms with Crippen LogP contribution in [0.3, 0.4) is 0 Å². The summed E-state index contributed by atoms with van der Waals surface area (Å²) < 4.78 is 28.2. The number of aliphatic hydroxyl groups is 1. The van der Waals surface area contributed by atoms with Crippen molar-refractivity contribution in [2.24, 2.45) is 0 Å². The van der Waals surface area contributed by atoms with Gasteiger partial charge in [0.25, 0.3) is 0 Å². The molecule has 0 aliphatic heterocycles. The first-order chi connectivity index (χ1) is 12.0. The molecule has 0 saturated carbocycles. The van der Waals surface area contributed by atoms with Gasteiger partial charge in [-0.25, -0.2) is 13.8 Å². The Morgan fingerprint density at radius 3 is 2.52 bits per heavy atom. The molecule has 0 fully saturated rings. The first-order valence-electron chi connectivity index (χ1n) is 7.98. The molecule has 3 aromatic rings. The van der Waals surface area contributed by atoms with Crippen molar-refractivity contribution in [2.75, 3.05) is 0 Å². The fraction of sp³-hybridized carbons (Fsp3) is 0.211. The summed E-state index contributed by atoms with van der Waals surface area (Å²) in [4.78, 5) is 4.01. The number of nitrogens with one attached hydrogen (secondary N) is 1. The molecule has 0 aliphatic rings. The lowest BCUT2D eigenvalue weighted by atomic mass is 10.0. The van der Waals surface area contributed by atoms with Crippen LogP contribution >= 0.6 is 0 Å². The van der Waals surface area contributed by atoms with Gasteiger partial charge in [0.05, 0.1) is 12.4 Å². The van der Waals surface area contributed by atoms with E-state index < -0.39 is 17.7 Å². The number of aliphatic hydroxyl groups excluding tert-OH is 1. The molecule has 0 spiro atoms. The monoisotopic (exact) mass is 343 g/mol. The summed E-state index contributed by atoms with van der Waals surface area (Å²) in [6, 6.07) is 11.1. The SMILES string of the molecule is CC(NCc1ccc(-n2ccnc2)cc1)C(O)c1ccc(F)c(F)c1. The van der Waals surface area contributed by atoms with Gasteiger partial charge in [-0.3, -0.25) is 0 Å². The van der Waals surface area contributed by atoms with Gasteiger partial charge in [0.15, 0.2) is 11.6 Å². The predicted octanol–water partition coefficient (Wildman–Crippen LogP) is 3.36. The molecule has 0 saturated heterocycles. The lowest BCUT2D eigenvalue weighted by molar-refractivity contribution is 0.135. The Labute approximate surface area is 144 Å². The second-order valence-electron chi connectivity index (χ2n) is 5.92. The van der Waals surface area contributed by atoms with Crippen molar-refractivity contribution in [3.8, 4) is 5.69 Å². The van der Waals surface area contributed by atoms with Crippen LogP contribution in [-0.4, -0.2) is 20.7 Å². The number of imidazole rings is 1. The predicted molar refractivity (Wildman–Crippen MR) is 91.2 cm³/mol. The smallest absolute Gasteiger partial charge is 0.159 e. The van der Waals surface area contributed by atoms with E-state index in [1.54, 1.807) is 19.4 Å². The van der Waals surface area contributed by atoms with Crippen LogP contribution in [0.2, 0.25) is 0 Å². The molecule has 2 unspecified atom stereocenters. The maximum absolute atomic E-state index is 13.3. The van der Waals surface area contributed by atoms with Crippen LogP contribution in [0.4, 0.5) is 8.78 Å². The molecule has 4 nitrogen and oxygen atoms in total. The van der Waals surface area contributed by atoms with E-state index in [0.29, 0.717) is 12.1 Å². The zero-order valence-electron chi connectivity index (χ0n) is 13.7. The summed E-state index contributed by atoms with van der Waals surface area (Å²) in [7, 11) is 0. The average molecular weight is 343 g/mol. The highest BCUT2D eigenvalue weighted by Crippen LogP contribution is 2.19. The standard InChI is InChI=1S/C19H19F2N3O/c1-13(19(25)15-4-7-17(20)18(21)10-15)23-11-14-2-5-16(6-3-14)24-9-8-22-12-24/h2-10,12-13,19,23,25H,11H2,1H3. The molecule has 0 amide bonds.